The van der Waals surface area contributed by atoms with Gasteiger partial charge in [-0.05, 0) is 12.8 Å². The molecule has 0 heterocycles. The number of hydrogen-bond donors (Lipinski definition) is 0. The van der Waals surface area contributed by atoms with E-state index in [1.165, 1.54) is 0 Å². The third-order valence-corrected chi connectivity index (χ3v) is 2.65. The molecule has 0 saturated carbocycles. The monoisotopic (exact) mass is 178 g/mol. The fourth-order valence-electron chi connectivity index (χ4n) is 0.622. The van der Waals surface area contributed by atoms with Gasteiger partial charge in [-0.15, -0.1) is 4.72 Å². The molecule has 0 spiro atoms. The van der Waals surface area contributed by atoms with Gasteiger partial charge in [0.15, 0.2) is 0 Å². The highest BCUT2D eigenvalue weighted by molar-refractivity contribution is 7.89. The molecule has 0 aromatic carbocycles. The maximum Gasteiger partial charge on any atom is 0.227 e. The van der Waals surface area contributed by atoms with Crippen LogP contribution in [0.4, 0.5) is 0 Å². The molecule has 0 unspecified atom stereocenters. The number of hydrogen-bond acceptors (Lipinski definition) is 2. The van der Waals surface area contributed by atoms with E-state index in [0.29, 0.717) is 6.54 Å². The van der Waals surface area contributed by atoms with E-state index in [1.807, 2.05) is 13.8 Å². The largest absolute Gasteiger partial charge is 0.227 e. The van der Waals surface area contributed by atoms with E-state index in [9.17, 15) is 8.42 Å². The van der Waals surface area contributed by atoms with Crippen LogP contribution in [0.25, 0.3) is 0 Å². The van der Waals surface area contributed by atoms with E-state index in [4.69, 9.17) is 0 Å². The zero-order chi connectivity index (χ0) is 8.74. The van der Waals surface area contributed by atoms with Crippen molar-refractivity contribution < 1.29 is 8.42 Å². The Kier molecular flexibility index (Phi) is 5.50. The lowest BCUT2D eigenvalue weighted by atomic mass is 10.4. The van der Waals surface area contributed by atoms with Gasteiger partial charge in [-0.2, -0.15) is 0 Å². The molecule has 0 aromatic heterocycles. The minimum Gasteiger partial charge on any atom is -0.211 e. The molecular formula is C7H16NO2S. The first-order chi connectivity index (χ1) is 5.12. The lowest BCUT2D eigenvalue weighted by Crippen LogP contribution is -2.20. The van der Waals surface area contributed by atoms with Crippen molar-refractivity contribution in [3.8, 4) is 0 Å². The molecule has 3 nitrogen and oxygen atoms in total. The van der Waals surface area contributed by atoms with Crippen LogP contribution in [0, 0.1) is 0 Å². The Morgan fingerprint density at radius 3 is 2.27 bits per heavy atom. The van der Waals surface area contributed by atoms with Crippen molar-refractivity contribution >= 4 is 10.0 Å². The van der Waals surface area contributed by atoms with Crippen molar-refractivity contribution in [2.24, 2.45) is 0 Å². The van der Waals surface area contributed by atoms with Crippen molar-refractivity contribution in [1.82, 2.24) is 4.72 Å². The minimum atomic E-state index is -3.08. The van der Waals surface area contributed by atoms with Gasteiger partial charge in [0.2, 0.25) is 10.0 Å². The summed E-state index contributed by atoms with van der Waals surface area (Å²) in [6, 6.07) is 0. The molecule has 0 bridgehead atoms. The second kappa shape index (κ2) is 5.55. The molecule has 0 atom stereocenters. The van der Waals surface area contributed by atoms with Crippen LogP contribution in [0.5, 0.6) is 0 Å². The summed E-state index contributed by atoms with van der Waals surface area (Å²) < 4.78 is 25.5. The summed E-state index contributed by atoms with van der Waals surface area (Å²) >= 11 is 0. The Balaban J connectivity index is 3.63. The average Bonchev–Trinajstić information content (AvgIpc) is 1.97. The zero-order valence-corrected chi connectivity index (χ0v) is 8.02. The van der Waals surface area contributed by atoms with E-state index in [2.05, 4.69) is 4.72 Å². The fraction of sp³-hybridized carbons (Fsp3) is 1.00. The smallest absolute Gasteiger partial charge is 0.211 e. The molecule has 0 saturated heterocycles. The fourth-order valence-corrected chi connectivity index (χ4v) is 1.86. The molecule has 0 aromatic rings. The molecule has 11 heavy (non-hydrogen) atoms. The van der Waals surface area contributed by atoms with Crippen LogP contribution >= 0.6 is 0 Å². The standard InChI is InChI=1S/C7H16NO2S/c1-3-5-7-11(9,10)8-6-4-2/h3-7H2,1-2H3. The zero-order valence-electron chi connectivity index (χ0n) is 7.21. The molecule has 67 valence electrons. The summed E-state index contributed by atoms with van der Waals surface area (Å²) in [5, 5.41) is 0. The highest BCUT2D eigenvalue weighted by Crippen LogP contribution is 1.94. The third-order valence-electron chi connectivity index (χ3n) is 1.27. The number of unbranched alkanes of at least 4 members (excludes halogenated alkanes) is 1. The van der Waals surface area contributed by atoms with Crippen molar-refractivity contribution in [2.75, 3.05) is 12.3 Å². The van der Waals surface area contributed by atoms with Gasteiger partial charge >= 0.3 is 0 Å². The van der Waals surface area contributed by atoms with Crippen molar-refractivity contribution in [1.29, 1.82) is 0 Å². The van der Waals surface area contributed by atoms with Crippen LogP contribution < -0.4 is 4.72 Å². The van der Waals surface area contributed by atoms with Gasteiger partial charge in [0.05, 0.1) is 5.75 Å². The van der Waals surface area contributed by atoms with Crippen molar-refractivity contribution in [2.45, 2.75) is 33.1 Å². The van der Waals surface area contributed by atoms with Gasteiger partial charge < -0.3 is 0 Å². The van der Waals surface area contributed by atoms with Gasteiger partial charge in [0.25, 0.3) is 0 Å². The molecule has 0 fully saturated rings. The molecule has 0 aliphatic heterocycles. The topological polar surface area (TPSA) is 48.2 Å². The van der Waals surface area contributed by atoms with Gasteiger partial charge in [-0.25, -0.2) is 8.42 Å². The Hall–Kier alpha value is -0.0900. The predicted octanol–water partition coefficient (Wildman–Crippen LogP) is 1.13. The molecule has 4 heteroatoms. The summed E-state index contributed by atoms with van der Waals surface area (Å²) in [5.41, 5.74) is 0. The quantitative estimate of drug-likeness (QED) is 0.612. The van der Waals surface area contributed by atoms with Gasteiger partial charge in [0, 0.05) is 6.54 Å². The molecule has 0 aliphatic rings. The molecule has 0 amide bonds. The van der Waals surface area contributed by atoms with E-state index >= 15 is 0 Å². The Bertz CT molecular complexity index is 161. The van der Waals surface area contributed by atoms with Crippen LogP contribution in [0.15, 0.2) is 0 Å². The molecule has 0 aliphatic carbocycles. The number of nitrogens with zero attached hydrogens (tertiary/aromatic N) is 1. The number of sulfonamides is 1. The second-order valence-corrected chi connectivity index (χ2v) is 4.32. The van der Waals surface area contributed by atoms with Crippen molar-refractivity contribution in [3.05, 3.63) is 0 Å². The van der Waals surface area contributed by atoms with Crippen LogP contribution in [0.2, 0.25) is 0 Å². The van der Waals surface area contributed by atoms with Crippen LogP contribution in [0.1, 0.15) is 33.1 Å². The van der Waals surface area contributed by atoms with Crippen molar-refractivity contribution in [3.63, 3.8) is 0 Å². The predicted molar refractivity (Wildman–Crippen MR) is 46.0 cm³/mol. The molecule has 0 N–H and O–H groups in total. The maximum atomic E-state index is 11.0. The molecular weight excluding hydrogens is 162 g/mol. The van der Waals surface area contributed by atoms with E-state index in [0.717, 1.165) is 19.3 Å². The summed E-state index contributed by atoms with van der Waals surface area (Å²) in [6.07, 6.45) is 2.42. The highest BCUT2D eigenvalue weighted by atomic mass is 32.2. The van der Waals surface area contributed by atoms with E-state index in [1.54, 1.807) is 0 Å². The molecule has 0 rings (SSSR count). The summed E-state index contributed by atoms with van der Waals surface area (Å²) in [6.45, 7) is 4.32. The Morgan fingerprint density at radius 1 is 1.18 bits per heavy atom. The average molecular weight is 178 g/mol. The normalized spacial score (nSPS) is 11.8. The Morgan fingerprint density at radius 2 is 1.82 bits per heavy atom. The molecule has 1 radical (unpaired) electrons. The summed E-state index contributed by atoms with van der Waals surface area (Å²) in [5.74, 6) is 0.212. The number of rotatable bonds is 6. The van der Waals surface area contributed by atoms with Gasteiger partial charge in [-0.1, -0.05) is 20.3 Å². The Labute approximate surface area is 69.2 Å². The van der Waals surface area contributed by atoms with Crippen LogP contribution in [-0.4, -0.2) is 20.7 Å². The van der Waals surface area contributed by atoms with Gasteiger partial charge in [-0.3, -0.25) is 0 Å². The summed E-state index contributed by atoms with van der Waals surface area (Å²) in [7, 11) is -3.08. The summed E-state index contributed by atoms with van der Waals surface area (Å²) in [4.78, 5) is 0. The first-order valence-corrected chi connectivity index (χ1v) is 5.64. The van der Waals surface area contributed by atoms with Crippen LogP contribution in [0.3, 0.4) is 0 Å². The first-order valence-electron chi connectivity index (χ1n) is 4.04. The first kappa shape index (κ1) is 10.9. The van der Waals surface area contributed by atoms with E-state index in [-0.39, 0.29) is 5.75 Å². The van der Waals surface area contributed by atoms with Gasteiger partial charge in [0.1, 0.15) is 0 Å². The maximum absolute atomic E-state index is 11.0. The highest BCUT2D eigenvalue weighted by Gasteiger charge is 2.08. The SMILES string of the molecule is CCCCS(=O)(=O)[N]CCC. The second-order valence-electron chi connectivity index (χ2n) is 2.49. The third kappa shape index (κ3) is 6.31. The van der Waals surface area contributed by atoms with E-state index < -0.39 is 10.0 Å². The lowest BCUT2D eigenvalue weighted by Gasteiger charge is -2.00. The van der Waals surface area contributed by atoms with Crippen LogP contribution in [-0.2, 0) is 10.0 Å². The minimum absolute atomic E-state index is 0.212. The lowest BCUT2D eigenvalue weighted by molar-refractivity contribution is 0.576.